The lowest BCUT2D eigenvalue weighted by molar-refractivity contribution is -0.139. The van der Waals surface area contributed by atoms with E-state index < -0.39 is 28.5 Å². The van der Waals surface area contributed by atoms with Crippen LogP contribution in [0.5, 0.6) is 5.75 Å². The Morgan fingerprint density at radius 3 is 2.23 bits per heavy atom. The van der Waals surface area contributed by atoms with Crippen LogP contribution < -0.4 is 14.4 Å². The molecule has 0 bridgehead atoms. The summed E-state index contributed by atoms with van der Waals surface area (Å²) in [5.41, 5.74) is 0.903. The molecule has 0 heterocycles. The summed E-state index contributed by atoms with van der Waals surface area (Å²) in [6.07, 6.45) is 0.722. The molecule has 0 aromatic heterocycles. The number of carbonyl (C=O) groups excluding carboxylic acids is 2. The zero-order chi connectivity index (χ0) is 28.6. The number of benzene rings is 3. The first-order chi connectivity index (χ1) is 18.6. The second-order valence-electron chi connectivity index (χ2n) is 8.76. The molecule has 2 amide bonds. The number of sulfonamides is 1. The van der Waals surface area contributed by atoms with Gasteiger partial charge in [0.25, 0.3) is 10.0 Å². The maximum absolute atomic E-state index is 13.9. The number of carbonyl (C=O) groups is 2. The number of halogens is 2. The van der Waals surface area contributed by atoms with Gasteiger partial charge in [-0.15, -0.1) is 0 Å². The minimum Gasteiger partial charge on any atom is -0.497 e. The minimum atomic E-state index is -4.14. The van der Waals surface area contributed by atoms with Crippen molar-refractivity contribution in [2.45, 2.75) is 37.8 Å². The van der Waals surface area contributed by atoms with Crippen LogP contribution in [-0.4, -0.2) is 51.4 Å². The lowest BCUT2D eigenvalue weighted by Crippen LogP contribution is -2.51. The Balaban J connectivity index is 2.02. The van der Waals surface area contributed by atoms with Crippen LogP contribution in [0.3, 0.4) is 0 Å². The highest BCUT2D eigenvalue weighted by Crippen LogP contribution is 2.27. The molecule has 3 aromatic carbocycles. The van der Waals surface area contributed by atoms with Crippen LogP contribution in [0.1, 0.15) is 25.8 Å². The van der Waals surface area contributed by atoms with Gasteiger partial charge in [-0.1, -0.05) is 54.4 Å². The Morgan fingerprint density at radius 2 is 1.64 bits per heavy atom. The molecule has 0 aliphatic heterocycles. The van der Waals surface area contributed by atoms with E-state index in [9.17, 15) is 18.0 Å². The first kappa shape index (κ1) is 30.3. The highest BCUT2D eigenvalue weighted by molar-refractivity contribution is 7.92. The van der Waals surface area contributed by atoms with Gasteiger partial charge in [0.2, 0.25) is 11.8 Å². The van der Waals surface area contributed by atoms with E-state index in [1.165, 1.54) is 24.1 Å². The van der Waals surface area contributed by atoms with Gasteiger partial charge in [0.15, 0.2) is 0 Å². The van der Waals surface area contributed by atoms with E-state index in [0.29, 0.717) is 27.9 Å². The summed E-state index contributed by atoms with van der Waals surface area (Å²) in [4.78, 5) is 28.1. The van der Waals surface area contributed by atoms with Crippen molar-refractivity contribution in [3.8, 4) is 5.75 Å². The number of rotatable bonds is 12. The van der Waals surface area contributed by atoms with Gasteiger partial charge in [-0.25, -0.2) is 8.42 Å². The lowest BCUT2D eigenvalue weighted by Gasteiger charge is -2.32. The van der Waals surface area contributed by atoms with E-state index in [1.807, 2.05) is 6.92 Å². The number of anilines is 1. The Bertz CT molecular complexity index is 1390. The Kier molecular flexibility index (Phi) is 10.6. The van der Waals surface area contributed by atoms with Crippen LogP contribution in [0.2, 0.25) is 10.0 Å². The monoisotopic (exact) mass is 591 g/mol. The summed E-state index contributed by atoms with van der Waals surface area (Å²) in [7, 11) is -2.64. The Labute approximate surface area is 239 Å². The second kappa shape index (κ2) is 13.7. The summed E-state index contributed by atoms with van der Waals surface area (Å²) >= 11 is 12.2. The molecular weight excluding hydrogens is 561 g/mol. The molecule has 3 rings (SSSR count). The predicted molar refractivity (Wildman–Crippen MR) is 154 cm³/mol. The molecule has 0 fully saturated rings. The van der Waals surface area contributed by atoms with Gasteiger partial charge in [-0.05, 0) is 67.4 Å². The third-order valence-electron chi connectivity index (χ3n) is 6.02. The molecule has 0 spiro atoms. The number of hydrogen-bond donors (Lipinski definition) is 1. The van der Waals surface area contributed by atoms with Crippen molar-refractivity contribution in [3.63, 3.8) is 0 Å². The Morgan fingerprint density at radius 1 is 0.974 bits per heavy atom. The number of ether oxygens (including phenoxy) is 1. The zero-order valence-electron chi connectivity index (χ0n) is 21.9. The van der Waals surface area contributed by atoms with Crippen LogP contribution in [0.25, 0.3) is 0 Å². The predicted octanol–water partition coefficient (Wildman–Crippen LogP) is 5.14. The van der Waals surface area contributed by atoms with Crippen LogP contribution in [0, 0.1) is 0 Å². The second-order valence-corrected chi connectivity index (χ2v) is 11.4. The summed E-state index contributed by atoms with van der Waals surface area (Å²) in [6, 6.07) is 18.2. The van der Waals surface area contributed by atoms with Gasteiger partial charge in [0, 0.05) is 13.1 Å². The van der Waals surface area contributed by atoms with Crippen molar-refractivity contribution >= 4 is 50.7 Å². The van der Waals surface area contributed by atoms with Gasteiger partial charge in [-0.2, -0.15) is 0 Å². The molecule has 208 valence electrons. The van der Waals surface area contributed by atoms with Gasteiger partial charge >= 0.3 is 0 Å². The molecule has 0 saturated heterocycles. The third-order valence-corrected chi connectivity index (χ3v) is 8.55. The molecule has 0 unspecified atom stereocenters. The van der Waals surface area contributed by atoms with Crippen LogP contribution in [-0.2, 0) is 26.2 Å². The fraction of sp³-hybridized carbons (Fsp3) is 0.286. The minimum absolute atomic E-state index is 0.0122. The standard InChI is InChI=1S/C28H31Cl2N3O5S/c1-4-16-31-28(35)20(2)32(18-21-10-15-25(29)26(30)17-21)27(34)19-33(22-11-13-23(38-3)14-12-22)39(36,37)24-8-6-5-7-9-24/h5-15,17,20H,4,16,18-19H2,1-3H3,(H,31,35)/t20-/m1/s1. The molecule has 1 atom stereocenters. The Hall–Kier alpha value is -3.27. The van der Waals surface area contributed by atoms with E-state index in [4.69, 9.17) is 27.9 Å². The van der Waals surface area contributed by atoms with E-state index >= 15 is 0 Å². The maximum Gasteiger partial charge on any atom is 0.264 e. The molecule has 39 heavy (non-hydrogen) atoms. The first-order valence-electron chi connectivity index (χ1n) is 12.3. The number of nitrogens with zero attached hydrogens (tertiary/aromatic N) is 2. The van der Waals surface area contributed by atoms with Crippen molar-refractivity contribution in [2.75, 3.05) is 24.5 Å². The SMILES string of the molecule is CCCNC(=O)[C@@H](C)N(Cc1ccc(Cl)c(Cl)c1)C(=O)CN(c1ccc(OC)cc1)S(=O)(=O)c1ccccc1. The first-order valence-corrected chi connectivity index (χ1v) is 14.5. The van der Waals surface area contributed by atoms with Crippen molar-refractivity contribution < 1.29 is 22.7 Å². The van der Waals surface area contributed by atoms with E-state index in [0.717, 1.165) is 10.7 Å². The van der Waals surface area contributed by atoms with Crippen molar-refractivity contribution in [1.82, 2.24) is 10.2 Å². The molecule has 0 saturated carbocycles. The van der Waals surface area contributed by atoms with Gasteiger partial charge in [0.05, 0.1) is 27.7 Å². The highest BCUT2D eigenvalue weighted by atomic mass is 35.5. The molecule has 11 heteroatoms. The van der Waals surface area contributed by atoms with Gasteiger partial charge < -0.3 is 15.0 Å². The molecule has 0 radical (unpaired) electrons. The fourth-order valence-corrected chi connectivity index (χ4v) is 5.57. The van der Waals surface area contributed by atoms with Crippen molar-refractivity contribution in [3.05, 3.63) is 88.4 Å². The highest BCUT2D eigenvalue weighted by Gasteiger charge is 2.32. The summed E-state index contributed by atoms with van der Waals surface area (Å²) in [6.45, 7) is 3.43. The number of hydrogen-bond acceptors (Lipinski definition) is 5. The molecule has 3 aromatic rings. The summed E-state index contributed by atoms with van der Waals surface area (Å²) in [5.74, 6) is -0.396. The average Bonchev–Trinajstić information content (AvgIpc) is 2.95. The summed E-state index contributed by atoms with van der Waals surface area (Å²) < 4.78 is 33.7. The third kappa shape index (κ3) is 7.65. The molecular formula is C28H31Cl2N3O5S. The van der Waals surface area contributed by atoms with E-state index in [1.54, 1.807) is 67.6 Å². The molecule has 1 N–H and O–H groups in total. The molecule has 0 aliphatic rings. The smallest absolute Gasteiger partial charge is 0.264 e. The van der Waals surface area contributed by atoms with Crippen molar-refractivity contribution in [1.29, 1.82) is 0 Å². The normalized spacial score (nSPS) is 11.9. The topological polar surface area (TPSA) is 96.0 Å². The van der Waals surface area contributed by atoms with Crippen molar-refractivity contribution in [2.24, 2.45) is 0 Å². The van der Waals surface area contributed by atoms with E-state index in [2.05, 4.69) is 5.32 Å². The van der Waals surface area contributed by atoms with Gasteiger partial charge in [0.1, 0.15) is 18.3 Å². The summed E-state index contributed by atoms with van der Waals surface area (Å²) in [5, 5.41) is 3.46. The lowest BCUT2D eigenvalue weighted by atomic mass is 10.1. The number of nitrogens with one attached hydrogen (secondary N) is 1. The number of amides is 2. The molecule has 8 nitrogen and oxygen atoms in total. The maximum atomic E-state index is 13.9. The van der Waals surface area contributed by atoms with Crippen LogP contribution >= 0.6 is 23.2 Å². The fourth-order valence-electron chi connectivity index (χ4n) is 3.81. The van der Waals surface area contributed by atoms with Crippen LogP contribution in [0.4, 0.5) is 5.69 Å². The molecule has 0 aliphatic carbocycles. The zero-order valence-corrected chi connectivity index (χ0v) is 24.3. The average molecular weight is 593 g/mol. The van der Waals surface area contributed by atoms with Crippen LogP contribution in [0.15, 0.2) is 77.7 Å². The van der Waals surface area contributed by atoms with E-state index in [-0.39, 0.29) is 23.0 Å². The quantitative estimate of drug-likeness (QED) is 0.314. The number of methoxy groups -OCH3 is 1. The largest absolute Gasteiger partial charge is 0.497 e. The van der Waals surface area contributed by atoms with Gasteiger partial charge in [-0.3, -0.25) is 13.9 Å².